The van der Waals surface area contributed by atoms with Crippen molar-refractivity contribution in [2.45, 2.75) is 26.3 Å². The molecule has 0 fully saturated rings. The molecule has 0 bridgehead atoms. The Labute approximate surface area is 112 Å². The van der Waals surface area contributed by atoms with Crippen molar-refractivity contribution in [3.8, 4) is 5.75 Å². The van der Waals surface area contributed by atoms with Crippen LogP contribution in [-0.4, -0.2) is 23.9 Å². The summed E-state index contributed by atoms with van der Waals surface area (Å²) in [5.74, 6) is -1.73. The minimum atomic E-state index is -4.93. The molecule has 1 rings (SSSR count). The largest absolute Gasteiger partial charge is 0.573 e. The maximum absolute atomic E-state index is 12.3. The number of nitrogens with two attached hydrogens (primary N) is 2. The molecule has 0 amide bonds. The summed E-state index contributed by atoms with van der Waals surface area (Å²) in [4.78, 5) is 15.0. The first kappa shape index (κ1) is 16.0. The molecule has 0 aliphatic carbocycles. The van der Waals surface area contributed by atoms with Crippen LogP contribution < -0.4 is 16.2 Å². The van der Waals surface area contributed by atoms with Crippen LogP contribution in [0.15, 0.2) is 6.20 Å². The molecule has 0 unspecified atom stereocenters. The molecule has 0 aliphatic rings. The first-order chi connectivity index (χ1) is 9.28. The second kappa shape index (κ2) is 6.42. The Kier molecular flexibility index (Phi) is 5.14. The van der Waals surface area contributed by atoms with E-state index in [0.717, 1.165) is 0 Å². The summed E-state index contributed by atoms with van der Waals surface area (Å²) >= 11 is 0. The van der Waals surface area contributed by atoms with E-state index in [1.54, 1.807) is 6.92 Å². The Hall–Kier alpha value is -2.03. The topological polar surface area (TPSA) is 100 Å². The van der Waals surface area contributed by atoms with Crippen molar-refractivity contribution >= 4 is 11.8 Å². The van der Waals surface area contributed by atoms with Crippen LogP contribution in [0.5, 0.6) is 5.75 Å². The third kappa shape index (κ3) is 4.26. The highest BCUT2D eigenvalue weighted by molar-refractivity contribution is 5.74. The molecule has 1 heterocycles. The number of esters is 1. The van der Waals surface area contributed by atoms with Gasteiger partial charge in [0.15, 0.2) is 11.6 Å². The number of nitrogens with zero attached hydrogens (tertiary/aromatic N) is 1. The lowest BCUT2D eigenvalue weighted by molar-refractivity contribution is -0.274. The minimum absolute atomic E-state index is 0.0251. The van der Waals surface area contributed by atoms with E-state index in [1.807, 2.05) is 0 Å². The van der Waals surface area contributed by atoms with Gasteiger partial charge < -0.3 is 20.9 Å². The number of aromatic nitrogens is 1. The average molecular weight is 293 g/mol. The highest BCUT2D eigenvalue weighted by atomic mass is 19.4. The second-order valence-corrected chi connectivity index (χ2v) is 3.71. The molecule has 20 heavy (non-hydrogen) atoms. The Morgan fingerprint density at radius 3 is 2.60 bits per heavy atom. The van der Waals surface area contributed by atoms with Crippen LogP contribution in [0.25, 0.3) is 0 Å². The number of alkyl halides is 3. The van der Waals surface area contributed by atoms with Crippen LogP contribution in [-0.2, 0) is 22.5 Å². The molecule has 0 saturated carbocycles. The van der Waals surface area contributed by atoms with Crippen molar-refractivity contribution in [2.75, 3.05) is 12.3 Å². The zero-order valence-corrected chi connectivity index (χ0v) is 10.7. The van der Waals surface area contributed by atoms with Gasteiger partial charge in [0.2, 0.25) is 0 Å². The number of pyridine rings is 1. The molecule has 1 aromatic rings. The summed E-state index contributed by atoms with van der Waals surface area (Å²) in [7, 11) is 0. The zero-order chi connectivity index (χ0) is 15.3. The second-order valence-electron chi connectivity index (χ2n) is 3.71. The van der Waals surface area contributed by atoms with Crippen molar-refractivity contribution in [1.82, 2.24) is 4.98 Å². The number of carbonyl (C=O) groups excluding carboxylic acids is 1. The maximum atomic E-state index is 12.3. The number of rotatable bonds is 5. The normalized spacial score (nSPS) is 11.2. The minimum Gasteiger partial charge on any atom is -0.466 e. The summed E-state index contributed by atoms with van der Waals surface area (Å²) in [6.07, 6.45) is -4.01. The number of hydrogen-bond donors (Lipinski definition) is 2. The fourth-order valence-electron chi connectivity index (χ4n) is 1.56. The SMILES string of the molecule is CCOC(=O)Cc1cnc(N)c(OC(F)(F)F)c1CN. The van der Waals surface area contributed by atoms with E-state index in [0.29, 0.717) is 0 Å². The first-order valence-corrected chi connectivity index (χ1v) is 5.66. The van der Waals surface area contributed by atoms with E-state index >= 15 is 0 Å². The molecule has 0 aromatic carbocycles. The zero-order valence-electron chi connectivity index (χ0n) is 10.7. The van der Waals surface area contributed by atoms with Crippen molar-refractivity contribution in [3.05, 3.63) is 17.3 Å². The Morgan fingerprint density at radius 2 is 2.10 bits per heavy atom. The van der Waals surface area contributed by atoms with Gasteiger partial charge in [0.25, 0.3) is 0 Å². The van der Waals surface area contributed by atoms with Crippen molar-refractivity contribution < 1.29 is 27.4 Å². The van der Waals surface area contributed by atoms with Gasteiger partial charge in [0.05, 0.1) is 13.0 Å². The van der Waals surface area contributed by atoms with E-state index in [2.05, 4.69) is 9.72 Å². The standard InChI is InChI=1S/C11H14F3N3O3/c1-2-19-8(18)3-6-5-17-10(16)9(7(6)4-15)20-11(12,13)14/h5H,2-4,15H2,1H3,(H2,16,17). The van der Waals surface area contributed by atoms with Crippen LogP contribution in [0.2, 0.25) is 0 Å². The maximum Gasteiger partial charge on any atom is 0.573 e. The Balaban J connectivity index is 3.14. The van der Waals surface area contributed by atoms with Gasteiger partial charge in [-0.1, -0.05) is 0 Å². The molecule has 9 heteroatoms. The van der Waals surface area contributed by atoms with E-state index in [4.69, 9.17) is 16.2 Å². The predicted octanol–water partition coefficient (Wildman–Crippen LogP) is 1.13. The Bertz CT molecular complexity index is 492. The quantitative estimate of drug-likeness (QED) is 0.789. The van der Waals surface area contributed by atoms with Gasteiger partial charge in [-0.3, -0.25) is 4.79 Å². The molecule has 6 nitrogen and oxygen atoms in total. The summed E-state index contributed by atoms with van der Waals surface area (Å²) < 4.78 is 45.5. The molecule has 0 saturated heterocycles. The van der Waals surface area contributed by atoms with Crippen LogP contribution in [0.1, 0.15) is 18.1 Å². The smallest absolute Gasteiger partial charge is 0.466 e. The third-order valence-electron chi connectivity index (χ3n) is 2.32. The van der Waals surface area contributed by atoms with Crippen LogP contribution in [0.4, 0.5) is 19.0 Å². The summed E-state index contributed by atoms with van der Waals surface area (Å²) in [6.45, 7) is 1.49. The van der Waals surface area contributed by atoms with Crippen molar-refractivity contribution in [1.29, 1.82) is 0 Å². The van der Waals surface area contributed by atoms with Gasteiger partial charge in [-0.05, 0) is 12.5 Å². The fourth-order valence-corrected chi connectivity index (χ4v) is 1.56. The predicted molar refractivity (Wildman–Crippen MR) is 63.6 cm³/mol. The van der Waals surface area contributed by atoms with Gasteiger partial charge in [0.1, 0.15) is 0 Å². The van der Waals surface area contributed by atoms with E-state index in [9.17, 15) is 18.0 Å². The van der Waals surface area contributed by atoms with Gasteiger partial charge in [-0.25, -0.2) is 4.98 Å². The lowest BCUT2D eigenvalue weighted by atomic mass is 10.1. The van der Waals surface area contributed by atoms with E-state index in [-0.39, 0.29) is 30.7 Å². The van der Waals surface area contributed by atoms with Gasteiger partial charge in [0, 0.05) is 18.3 Å². The molecular weight excluding hydrogens is 279 g/mol. The molecule has 4 N–H and O–H groups in total. The van der Waals surface area contributed by atoms with E-state index in [1.165, 1.54) is 6.20 Å². The number of halogens is 3. The van der Waals surface area contributed by atoms with Crippen LogP contribution >= 0.6 is 0 Å². The molecule has 0 radical (unpaired) electrons. The van der Waals surface area contributed by atoms with Gasteiger partial charge in [-0.2, -0.15) is 0 Å². The molecular formula is C11H14F3N3O3. The monoisotopic (exact) mass is 293 g/mol. The first-order valence-electron chi connectivity index (χ1n) is 5.66. The summed E-state index contributed by atoms with van der Waals surface area (Å²) in [5, 5.41) is 0. The van der Waals surface area contributed by atoms with Crippen LogP contribution in [0, 0.1) is 0 Å². The number of carbonyl (C=O) groups is 1. The molecule has 0 spiro atoms. The molecule has 1 aromatic heterocycles. The Morgan fingerprint density at radius 1 is 1.45 bits per heavy atom. The van der Waals surface area contributed by atoms with Crippen LogP contribution in [0.3, 0.4) is 0 Å². The lowest BCUT2D eigenvalue weighted by Crippen LogP contribution is -2.21. The molecule has 0 atom stereocenters. The van der Waals surface area contributed by atoms with Crippen molar-refractivity contribution in [3.63, 3.8) is 0 Å². The number of ether oxygens (including phenoxy) is 2. The highest BCUT2D eigenvalue weighted by Gasteiger charge is 2.34. The number of hydrogen-bond acceptors (Lipinski definition) is 6. The van der Waals surface area contributed by atoms with Crippen molar-refractivity contribution in [2.24, 2.45) is 5.73 Å². The molecule has 112 valence electrons. The highest BCUT2D eigenvalue weighted by Crippen LogP contribution is 2.32. The van der Waals surface area contributed by atoms with Gasteiger partial charge in [-0.15, -0.1) is 13.2 Å². The third-order valence-corrected chi connectivity index (χ3v) is 2.32. The summed E-state index contributed by atoms with van der Waals surface area (Å²) in [5.41, 5.74) is 10.9. The van der Waals surface area contributed by atoms with Gasteiger partial charge >= 0.3 is 12.3 Å². The number of nitrogen functional groups attached to an aromatic ring is 1. The average Bonchev–Trinajstić information content (AvgIpc) is 2.32. The summed E-state index contributed by atoms with van der Waals surface area (Å²) in [6, 6.07) is 0. The fraction of sp³-hybridized carbons (Fsp3) is 0.455. The lowest BCUT2D eigenvalue weighted by Gasteiger charge is -2.16. The molecule has 0 aliphatic heterocycles. The number of anilines is 1. The van der Waals surface area contributed by atoms with E-state index < -0.39 is 23.9 Å².